The van der Waals surface area contributed by atoms with Crippen molar-refractivity contribution in [1.29, 1.82) is 0 Å². The van der Waals surface area contributed by atoms with Crippen LogP contribution in [0, 0.1) is 11.8 Å². The molecule has 0 spiro atoms. The lowest BCUT2D eigenvalue weighted by molar-refractivity contribution is -0.141. The summed E-state index contributed by atoms with van der Waals surface area (Å²) in [5.41, 5.74) is 6.01. The third-order valence-corrected chi connectivity index (χ3v) is 2.99. The van der Waals surface area contributed by atoms with Gasteiger partial charge >= 0.3 is 5.97 Å². The molecule has 2 unspecified atom stereocenters. The molecule has 5 heteroatoms. The highest BCUT2D eigenvalue weighted by Crippen LogP contribution is 2.30. The van der Waals surface area contributed by atoms with E-state index in [2.05, 4.69) is 0 Å². The van der Waals surface area contributed by atoms with E-state index >= 15 is 0 Å². The second-order valence-electron chi connectivity index (χ2n) is 4.60. The first-order valence-corrected chi connectivity index (χ1v) is 5.88. The van der Waals surface area contributed by atoms with Crippen molar-refractivity contribution in [3.05, 3.63) is 23.8 Å². The second-order valence-corrected chi connectivity index (χ2v) is 4.60. The van der Waals surface area contributed by atoms with Crippen LogP contribution in [0.1, 0.15) is 18.9 Å². The van der Waals surface area contributed by atoms with Crippen molar-refractivity contribution < 1.29 is 20.1 Å². The summed E-state index contributed by atoms with van der Waals surface area (Å²) in [5, 5.41) is 27.9. The summed E-state index contributed by atoms with van der Waals surface area (Å²) in [6, 6.07) is 4.77. The SMILES string of the molecule is CC(Cc1cccc(O)c1O)CC(CN)C(=O)O. The zero-order valence-corrected chi connectivity index (χ0v) is 10.3. The van der Waals surface area contributed by atoms with Crippen molar-refractivity contribution in [3.8, 4) is 11.5 Å². The fourth-order valence-electron chi connectivity index (χ4n) is 1.98. The topological polar surface area (TPSA) is 104 Å². The van der Waals surface area contributed by atoms with E-state index in [1.807, 2.05) is 6.92 Å². The van der Waals surface area contributed by atoms with Crippen LogP contribution in [-0.2, 0) is 11.2 Å². The zero-order valence-electron chi connectivity index (χ0n) is 10.3. The molecule has 0 aliphatic rings. The lowest BCUT2D eigenvalue weighted by Gasteiger charge is -2.17. The first kappa shape index (κ1) is 14.3. The monoisotopic (exact) mass is 253 g/mol. The van der Waals surface area contributed by atoms with E-state index in [1.54, 1.807) is 12.1 Å². The van der Waals surface area contributed by atoms with Crippen LogP contribution in [0.4, 0.5) is 0 Å². The van der Waals surface area contributed by atoms with Crippen LogP contribution in [-0.4, -0.2) is 27.8 Å². The van der Waals surface area contributed by atoms with E-state index in [1.165, 1.54) is 6.07 Å². The third kappa shape index (κ3) is 3.63. The Bertz CT molecular complexity index is 419. The van der Waals surface area contributed by atoms with Gasteiger partial charge < -0.3 is 21.1 Å². The average Bonchev–Trinajstić information content (AvgIpc) is 2.31. The van der Waals surface area contributed by atoms with E-state index in [0.717, 1.165) is 0 Å². The predicted octanol–water partition coefficient (Wildman–Crippen LogP) is 1.33. The van der Waals surface area contributed by atoms with Crippen LogP contribution in [0.3, 0.4) is 0 Å². The minimum Gasteiger partial charge on any atom is -0.504 e. The van der Waals surface area contributed by atoms with E-state index in [4.69, 9.17) is 10.8 Å². The molecule has 0 aliphatic carbocycles. The number of carboxylic acid groups (broad SMARTS) is 1. The van der Waals surface area contributed by atoms with Gasteiger partial charge in [-0.15, -0.1) is 0 Å². The van der Waals surface area contributed by atoms with Crippen LogP contribution in [0.2, 0.25) is 0 Å². The Kier molecular flexibility index (Phi) is 4.97. The lowest BCUT2D eigenvalue weighted by atomic mass is 9.90. The minimum absolute atomic E-state index is 0.0577. The molecule has 1 rings (SSSR count). The summed E-state index contributed by atoms with van der Waals surface area (Å²) in [6.45, 7) is 2.00. The summed E-state index contributed by atoms with van der Waals surface area (Å²) in [7, 11) is 0. The quantitative estimate of drug-likeness (QED) is 0.572. The molecule has 0 heterocycles. The van der Waals surface area contributed by atoms with Gasteiger partial charge in [-0.1, -0.05) is 19.1 Å². The Morgan fingerprint density at radius 3 is 2.61 bits per heavy atom. The maximum absolute atomic E-state index is 10.9. The van der Waals surface area contributed by atoms with Crippen molar-refractivity contribution in [3.63, 3.8) is 0 Å². The molecule has 1 aromatic carbocycles. The Balaban J connectivity index is 2.67. The van der Waals surface area contributed by atoms with Gasteiger partial charge in [-0.3, -0.25) is 4.79 Å². The molecule has 100 valence electrons. The van der Waals surface area contributed by atoms with Gasteiger partial charge in [-0.25, -0.2) is 0 Å². The average molecular weight is 253 g/mol. The van der Waals surface area contributed by atoms with Crippen molar-refractivity contribution in [1.82, 2.24) is 0 Å². The molecule has 5 nitrogen and oxygen atoms in total. The summed E-state index contributed by atoms with van der Waals surface area (Å²) < 4.78 is 0. The van der Waals surface area contributed by atoms with Gasteiger partial charge in [0.25, 0.3) is 0 Å². The number of rotatable bonds is 6. The number of hydrogen-bond acceptors (Lipinski definition) is 4. The Morgan fingerprint density at radius 2 is 2.06 bits per heavy atom. The first-order valence-electron chi connectivity index (χ1n) is 5.88. The number of carbonyl (C=O) groups is 1. The molecule has 18 heavy (non-hydrogen) atoms. The number of phenolic OH excluding ortho intramolecular Hbond substituents is 2. The van der Waals surface area contributed by atoms with Gasteiger partial charge in [-0.05, 0) is 30.4 Å². The number of hydrogen-bond donors (Lipinski definition) is 4. The third-order valence-electron chi connectivity index (χ3n) is 2.99. The molecular weight excluding hydrogens is 234 g/mol. The molecular formula is C13H19NO4. The van der Waals surface area contributed by atoms with Crippen molar-refractivity contribution in [2.45, 2.75) is 19.8 Å². The highest BCUT2D eigenvalue weighted by molar-refractivity contribution is 5.70. The predicted molar refractivity (Wildman–Crippen MR) is 67.4 cm³/mol. The minimum atomic E-state index is -0.899. The van der Waals surface area contributed by atoms with Crippen LogP contribution in [0.5, 0.6) is 11.5 Å². The maximum Gasteiger partial charge on any atom is 0.307 e. The van der Waals surface area contributed by atoms with Crippen molar-refractivity contribution in [2.24, 2.45) is 17.6 Å². The number of carboxylic acids is 1. The normalized spacial score (nSPS) is 14.1. The van der Waals surface area contributed by atoms with Gasteiger partial charge in [-0.2, -0.15) is 0 Å². The van der Waals surface area contributed by atoms with Gasteiger partial charge in [0.1, 0.15) is 0 Å². The van der Waals surface area contributed by atoms with Crippen LogP contribution >= 0.6 is 0 Å². The molecule has 1 aromatic rings. The molecule has 0 saturated heterocycles. The van der Waals surface area contributed by atoms with E-state index < -0.39 is 11.9 Å². The van der Waals surface area contributed by atoms with Crippen LogP contribution < -0.4 is 5.73 Å². The zero-order chi connectivity index (χ0) is 13.7. The highest BCUT2D eigenvalue weighted by atomic mass is 16.4. The molecule has 2 atom stereocenters. The number of phenols is 2. The lowest BCUT2D eigenvalue weighted by Crippen LogP contribution is -2.25. The van der Waals surface area contributed by atoms with Gasteiger partial charge in [0.2, 0.25) is 0 Å². The Labute approximate surface area is 106 Å². The summed E-state index contributed by atoms with van der Waals surface area (Å²) in [5.74, 6) is -1.71. The van der Waals surface area contributed by atoms with Gasteiger partial charge in [0, 0.05) is 6.54 Å². The summed E-state index contributed by atoms with van der Waals surface area (Å²) >= 11 is 0. The van der Waals surface area contributed by atoms with E-state index in [-0.39, 0.29) is 24.0 Å². The number of para-hydroxylation sites is 1. The number of nitrogens with two attached hydrogens (primary N) is 1. The summed E-state index contributed by atoms with van der Waals surface area (Å²) in [4.78, 5) is 10.9. The Hall–Kier alpha value is -1.75. The molecule has 0 aromatic heterocycles. The fraction of sp³-hybridized carbons (Fsp3) is 0.462. The molecule has 0 fully saturated rings. The van der Waals surface area contributed by atoms with Gasteiger partial charge in [0.05, 0.1) is 5.92 Å². The second kappa shape index (κ2) is 6.26. The Morgan fingerprint density at radius 1 is 1.39 bits per heavy atom. The van der Waals surface area contributed by atoms with Crippen molar-refractivity contribution >= 4 is 5.97 Å². The number of aromatic hydroxyl groups is 2. The van der Waals surface area contributed by atoms with Gasteiger partial charge in [0.15, 0.2) is 11.5 Å². The standard InChI is InChI=1S/C13H19NO4/c1-8(6-10(7-14)13(17)18)5-9-3-2-4-11(15)12(9)16/h2-4,8,10,15-16H,5-7,14H2,1H3,(H,17,18). The van der Waals surface area contributed by atoms with Crippen LogP contribution in [0.15, 0.2) is 18.2 Å². The fourth-order valence-corrected chi connectivity index (χ4v) is 1.98. The number of aliphatic carboxylic acids is 1. The van der Waals surface area contributed by atoms with E-state index in [9.17, 15) is 15.0 Å². The van der Waals surface area contributed by atoms with Crippen LogP contribution in [0.25, 0.3) is 0 Å². The molecule has 5 N–H and O–H groups in total. The molecule has 0 aliphatic heterocycles. The first-order chi connectivity index (χ1) is 8.45. The van der Waals surface area contributed by atoms with Crippen molar-refractivity contribution in [2.75, 3.05) is 6.54 Å². The highest BCUT2D eigenvalue weighted by Gasteiger charge is 2.20. The molecule has 0 radical (unpaired) electrons. The maximum atomic E-state index is 10.9. The molecule has 0 saturated carbocycles. The number of benzene rings is 1. The smallest absolute Gasteiger partial charge is 0.307 e. The molecule has 0 bridgehead atoms. The molecule has 0 amide bonds. The summed E-state index contributed by atoms with van der Waals surface area (Å²) in [6.07, 6.45) is 0.949. The largest absolute Gasteiger partial charge is 0.504 e. The van der Waals surface area contributed by atoms with E-state index in [0.29, 0.717) is 18.4 Å².